The molecule has 2 aromatic rings. The largest absolute Gasteiger partial charge is 0.464 e. The Bertz CT molecular complexity index is 755. The number of rotatable bonds is 5. The lowest BCUT2D eigenvalue weighted by molar-refractivity contribution is 0.441. The summed E-state index contributed by atoms with van der Waals surface area (Å²) in [5, 5.41) is 6.74. The van der Waals surface area contributed by atoms with Gasteiger partial charge in [-0.05, 0) is 43.7 Å². The van der Waals surface area contributed by atoms with E-state index < -0.39 is 0 Å². The van der Waals surface area contributed by atoms with Crippen molar-refractivity contribution < 1.29 is 4.42 Å². The van der Waals surface area contributed by atoms with E-state index in [1.165, 1.54) is 11.3 Å². The van der Waals surface area contributed by atoms with E-state index in [2.05, 4.69) is 63.9 Å². The van der Waals surface area contributed by atoms with Gasteiger partial charge in [0.1, 0.15) is 11.5 Å². The number of anilines is 1. The van der Waals surface area contributed by atoms with Gasteiger partial charge in [-0.3, -0.25) is 4.99 Å². The van der Waals surface area contributed by atoms with Crippen LogP contribution in [0.4, 0.5) is 5.69 Å². The van der Waals surface area contributed by atoms with Crippen LogP contribution in [-0.4, -0.2) is 26.1 Å². The first-order chi connectivity index (χ1) is 12.2. The maximum absolute atomic E-state index is 5.67. The quantitative estimate of drug-likeness (QED) is 0.498. The maximum Gasteiger partial charge on any atom is 0.191 e. The second-order valence-electron chi connectivity index (χ2n) is 6.29. The highest BCUT2D eigenvalue weighted by Crippen LogP contribution is 2.18. The number of hydrogen-bond acceptors (Lipinski definition) is 3. The number of guanidine groups is 1. The molecule has 0 amide bonds. The fourth-order valence-electron chi connectivity index (χ4n) is 2.89. The smallest absolute Gasteiger partial charge is 0.191 e. The Labute approximate surface area is 149 Å². The van der Waals surface area contributed by atoms with Gasteiger partial charge in [0.25, 0.3) is 0 Å². The Morgan fingerprint density at radius 3 is 2.72 bits per heavy atom. The minimum Gasteiger partial charge on any atom is -0.464 e. The molecule has 2 N–H and O–H groups in total. The van der Waals surface area contributed by atoms with E-state index in [4.69, 9.17) is 4.42 Å². The first-order valence-electron chi connectivity index (χ1n) is 8.68. The Balaban J connectivity index is 1.57. The normalized spacial score (nSPS) is 15.5. The third-order valence-corrected chi connectivity index (χ3v) is 4.32. The molecule has 0 saturated heterocycles. The molecule has 5 heteroatoms. The molecule has 1 aliphatic rings. The van der Waals surface area contributed by atoms with Crippen molar-refractivity contribution in [2.75, 3.05) is 25.0 Å². The highest BCUT2D eigenvalue weighted by atomic mass is 16.3. The highest BCUT2D eigenvalue weighted by molar-refractivity contribution is 5.80. The van der Waals surface area contributed by atoms with Crippen LogP contribution in [0.5, 0.6) is 0 Å². The number of aryl methyl sites for hydroxylation is 1. The van der Waals surface area contributed by atoms with Crippen LogP contribution < -0.4 is 15.5 Å². The van der Waals surface area contributed by atoms with Gasteiger partial charge in [0, 0.05) is 32.4 Å². The van der Waals surface area contributed by atoms with Gasteiger partial charge >= 0.3 is 0 Å². The summed E-state index contributed by atoms with van der Waals surface area (Å²) < 4.78 is 5.67. The van der Waals surface area contributed by atoms with Crippen LogP contribution >= 0.6 is 0 Å². The molecule has 132 valence electrons. The zero-order chi connectivity index (χ0) is 17.6. The summed E-state index contributed by atoms with van der Waals surface area (Å²) in [7, 11) is 1.78. The fourth-order valence-corrected chi connectivity index (χ4v) is 2.89. The Kier molecular flexibility index (Phi) is 5.43. The van der Waals surface area contributed by atoms with E-state index in [9.17, 15) is 0 Å². The van der Waals surface area contributed by atoms with Crippen molar-refractivity contribution in [3.05, 3.63) is 65.6 Å². The monoisotopic (exact) mass is 338 g/mol. The summed E-state index contributed by atoms with van der Waals surface area (Å²) >= 11 is 0. The summed E-state index contributed by atoms with van der Waals surface area (Å²) in [6.45, 7) is 6.71. The Morgan fingerprint density at radius 2 is 2.04 bits per heavy atom. The molecule has 0 radical (unpaired) electrons. The van der Waals surface area contributed by atoms with E-state index in [1.54, 1.807) is 7.05 Å². The molecule has 2 heterocycles. The minimum atomic E-state index is 0.0573. The minimum absolute atomic E-state index is 0.0573. The summed E-state index contributed by atoms with van der Waals surface area (Å²) in [5.74, 6) is 2.58. The van der Waals surface area contributed by atoms with E-state index in [1.807, 2.05) is 19.1 Å². The average molecular weight is 338 g/mol. The van der Waals surface area contributed by atoms with Crippen molar-refractivity contribution in [2.24, 2.45) is 4.99 Å². The van der Waals surface area contributed by atoms with E-state index in [0.717, 1.165) is 37.1 Å². The Morgan fingerprint density at radius 1 is 1.24 bits per heavy atom. The molecule has 25 heavy (non-hydrogen) atoms. The lowest BCUT2D eigenvalue weighted by atomic mass is 10.2. The predicted molar refractivity (Wildman–Crippen MR) is 103 cm³/mol. The zero-order valence-corrected chi connectivity index (χ0v) is 15.1. The molecule has 1 aromatic heterocycles. The Hall–Kier alpha value is -2.69. The van der Waals surface area contributed by atoms with Gasteiger partial charge in [-0.1, -0.05) is 24.3 Å². The van der Waals surface area contributed by atoms with Crippen LogP contribution in [0.1, 0.15) is 30.0 Å². The molecule has 3 rings (SSSR count). The van der Waals surface area contributed by atoms with Gasteiger partial charge in [0.05, 0.1) is 6.04 Å². The second-order valence-corrected chi connectivity index (χ2v) is 6.29. The summed E-state index contributed by atoms with van der Waals surface area (Å²) in [4.78, 5) is 6.65. The lowest BCUT2D eigenvalue weighted by Gasteiger charge is -2.19. The molecule has 0 saturated carbocycles. The highest BCUT2D eigenvalue weighted by Gasteiger charge is 2.12. The van der Waals surface area contributed by atoms with Gasteiger partial charge in [0.15, 0.2) is 5.96 Å². The molecular formula is C20H26N4O. The number of hydrogen-bond donors (Lipinski definition) is 2. The standard InChI is InChI=1S/C20H26N4O/c1-15-9-10-19(25-15)16(2)23-20(21-3)22-14-17-7-6-8-18(13-17)24-11-4-5-12-24/h4-10,13,16H,11-12,14H2,1-3H3,(H2,21,22,23). The predicted octanol–water partition coefficient (Wildman–Crippen LogP) is 3.39. The molecule has 0 bridgehead atoms. The summed E-state index contributed by atoms with van der Waals surface area (Å²) in [5.41, 5.74) is 2.49. The van der Waals surface area contributed by atoms with Crippen molar-refractivity contribution in [1.29, 1.82) is 0 Å². The third-order valence-electron chi connectivity index (χ3n) is 4.32. The van der Waals surface area contributed by atoms with Crippen LogP contribution in [0.2, 0.25) is 0 Å². The number of nitrogens with zero attached hydrogens (tertiary/aromatic N) is 2. The van der Waals surface area contributed by atoms with Crippen LogP contribution in [-0.2, 0) is 6.54 Å². The molecule has 1 atom stereocenters. The van der Waals surface area contributed by atoms with Gasteiger partial charge < -0.3 is 20.0 Å². The average Bonchev–Trinajstić information content (AvgIpc) is 3.30. The first kappa shape index (κ1) is 17.1. The summed E-state index contributed by atoms with van der Waals surface area (Å²) in [6.07, 6.45) is 4.41. The van der Waals surface area contributed by atoms with Gasteiger partial charge in [-0.25, -0.2) is 0 Å². The van der Waals surface area contributed by atoms with Gasteiger partial charge in [-0.15, -0.1) is 0 Å². The van der Waals surface area contributed by atoms with Crippen molar-refractivity contribution in [2.45, 2.75) is 26.4 Å². The molecule has 5 nitrogen and oxygen atoms in total. The van der Waals surface area contributed by atoms with Crippen molar-refractivity contribution >= 4 is 11.6 Å². The lowest BCUT2D eigenvalue weighted by Crippen LogP contribution is -2.38. The molecule has 1 aromatic carbocycles. The van der Waals surface area contributed by atoms with Crippen LogP contribution in [0.25, 0.3) is 0 Å². The van der Waals surface area contributed by atoms with E-state index >= 15 is 0 Å². The molecule has 1 unspecified atom stereocenters. The molecule has 0 aliphatic carbocycles. The molecule has 0 fully saturated rings. The van der Waals surface area contributed by atoms with Crippen molar-refractivity contribution in [3.63, 3.8) is 0 Å². The van der Waals surface area contributed by atoms with Crippen molar-refractivity contribution in [3.8, 4) is 0 Å². The first-order valence-corrected chi connectivity index (χ1v) is 8.68. The van der Waals surface area contributed by atoms with Crippen molar-refractivity contribution in [1.82, 2.24) is 10.6 Å². The van der Waals surface area contributed by atoms with Crippen LogP contribution in [0.15, 0.2) is 58.0 Å². The molecule has 0 spiro atoms. The second kappa shape index (κ2) is 7.92. The maximum atomic E-state index is 5.67. The molecule has 1 aliphatic heterocycles. The van der Waals surface area contributed by atoms with E-state index in [0.29, 0.717) is 0 Å². The fraction of sp³-hybridized carbons (Fsp3) is 0.350. The van der Waals surface area contributed by atoms with Gasteiger partial charge in [-0.2, -0.15) is 0 Å². The van der Waals surface area contributed by atoms with Crippen LogP contribution in [0.3, 0.4) is 0 Å². The SMILES string of the molecule is CN=C(NCc1cccc(N2CC=CC2)c1)NC(C)c1ccc(C)o1. The molecular weight excluding hydrogens is 312 g/mol. The third kappa shape index (κ3) is 4.44. The zero-order valence-electron chi connectivity index (χ0n) is 15.1. The van der Waals surface area contributed by atoms with Gasteiger partial charge in [0.2, 0.25) is 0 Å². The summed E-state index contributed by atoms with van der Waals surface area (Å²) in [6, 6.07) is 12.7. The van der Waals surface area contributed by atoms with E-state index in [-0.39, 0.29) is 6.04 Å². The number of nitrogens with one attached hydrogen (secondary N) is 2. The topological polar surface area (TPSA) is 52.8 Å². The number of furan rings is 1. The van der Waals surface area contributed by atoms with Crippen LogP contribution in [0, 0.1) is 6.92 Å². The number of benzene rings is 1. The number of aliphatic imine (C=N–C) groups is 1.